The van der Waals surface area contributed by atoms with Crippen LogP contribution in [0.25, 0.3) is 11.3 Å². The Hall–Kier alpha value is -4.38. The lowest BCUT2D eigenvalue weighted by Crippen LogP contribution is -2.19. The standard InChI is InChI=1S/C32H28N4O3S3/c1-38-27-18-13-22(19-28(27)39-2)26-20-41-32(35-26)36-30(37)29(21-9-5-3-6-10-21)42-25-16-14-24(15-17-25)34-31(40)33-23-11-7-4-8-12-23/h3-20,29H,1-2H3,(H2,33,34,40)(H,35,36,37). The summed E-state index contributed by atoms with van der Waals surface area (Å²) in [7, 11) is 3.19. The third kappa shape index (κ3) is 7.47. The number of benzene rings is 4. The lowest BCUT2D eigenvalue weighted by atomic mass is 10.1. The van der Waals surface area contributed by atoms with Gasteiger partial charge in [0.05, 0.1) is 19.9 Å². The first-order valence-corrected chi connectivity index (χ1v) is 15.1. The summed E-state index contributed by atoms with van der Waals surface area (Å²) in [6, 6.07) is 32.9. The summed E-state index contributed by atoms with van der Waals surface area (Å²) in [4.78, 5) is 19.2. The zero-order valence-corrected chi connectivity index (χ0v) is 25.3. The molecule has 0 saturated carbocycles. The van der Waals surface area contributed by atoms with E-state index in [0.717, 1.165) is 33.1 Å². The number of thioether (sulfide) groups is 1. The van der Waals surface area contributed by atoms with Gasteiger partial charge in [0.15, 0.2) is 21.7 Å². The number of hydrogen-bond acceptors (Lipinski definition) is 7. The number of amides is 1. The van der Waals surface area contributed by atoms with Crippen molar-refractivity contribution in [3.8, 4) is 22.8 Å². The van der Waals surface area contributed by atoms with Gasteiger partial charge in [0.2, 0.25) is 5.91 Å². The summed E-state index contributed by atoms with van der Waals surface area (Å²) in [6.07, 6.45) is 0. The fraction of sp³-hybridized carbons (Fsp3) is 0.0938. The number of para-hydroxylation sites is 1. The van der Waals surface area contributed by atoms with Gasteiger partial charge in [-0.05, 0) is 72.4 Å². The minimum absolute atomic E-state index is 0.158. The number of carbonyl (C=O) groups is 1. The number of rotatable bonds is 10. The molecule has 1 amide bonds. The molecule has 7 nitrogen and oxygen atoms in total. The number of nitrogens with zero attached hydrogens (tertiary/aromatic N) is 1. The molecule has 212 valence electrons. The number of carbonyl (C=O) groups excluding carboxylic acids is 1. The largest absolute Gasteiger partial charge is 0.493 e. The van der Waals surface area contributed by atoms with Crippen LogP contribution < -0.4 is 25.4 Å². The molecule has 0 fully saturated rings. The first-order valence-electron chi connectivity index (χ1n) is 13.0. The topological polar surface area (TPSA) is 84.5 Å². The van der Waals surface area contributed by atoms with Gasteiger partial charge in [-0.15, -0.1) is 23.1 Å². The number of thiazole rings is 1. The number of nitrogens with one attached hydrogen (secondary N) is 3. The molecule has 0 bridgehead atoms. The van der Waals surface area contributed by atoms with Crippen molar-refractivity contribution in [2.45, 2.75) is 10.1 Å². The highest BCUT2D eigenvalue weighted by Gasteiger charge is 2.23. The van der Waals surface area contributed by atoms with Gasteiger partial charge < -0.3 is 25.4 Å². The van der Waals surface area contributed by atoms with Gasteiger partial charge in [0.25, 0.3) is 0 Å². The maximum Gasteiger partial charge on any atom is 0.244 e. The second kappa shape index (κ2) is 14.0. The number of hydrogen-bond donors (Lipinski definition) is 3. The second-order valence-electron chi connectivity index (χ2n) is 8.98. The zero-order valence-electron chi connectivity index (χ0n) is 22.9. The molecule has 1 heterocycles. The quantitative estimate of drug-likeness (QED) is 0.108. The average molecular weight is 613 g/mol. The van der Waals surface area contributed by atoms with Gasteiger partial charge in [-0.3, -0.25) is 4.79 Å². The van der Waals surface area contributed by atoms with Crippen molar-refractivity contribution < 1.29 is 14.3 Å². The van der Waals surface area contributed by atoms with E-state index in [1.54, 1.807) is 14.2 Å². The van der Waals surface area contributed by atoms with Gasteiger partial charge in [0, 0.05) is 27.2 Å². The summed E-state index contributed by atoms with van der Waals surface area (Å²) < 4.78 is 10.8. The Balaban J connectivity index is 1.27. The first kappa shape index (κ1) is 29.1. The summed E-state index contributed by atoms with van der Waals surface area (Å²) in [5.41, 5.74) is 4.26. The highest BCUT2D eigenvalue weighted by atomic mass is 32.2. The van der Waals surface area contributed by atoms with Crippen LogP contribution in [0.4, 0.5) is 16.5 Å². The maximum absolute atomic E-state index is 13.6. The first-order chi connectivity index (χ1) is 20.5. The van der Waals surface area contributed by atoms with Crippen LogP contribution >= 0.6 is 35.3 Å². The molecule has 42 heavy (non-hydrogen) atoms. The Morgan fingerprint density at radius 3 is 2.12 bits per heavy atom. The molecule has 5 rings (SSSR count). The van der Waals surface area contributed by atoms with Crippen LogP contribution in [0.3, 0.4) is 0 Å². The van der Waals surface area contributed by atoms with Crippen molar-refractivity contribution in [2.24, 2.45) is 0 Å². The van der Waals surface area contributed by atoms with E-state index in [4.69, 9.17) is 21.7 Å². The van der Waals surface area contributed by atoms with E-state index in [1.165, 1.54) is 23.1 Å². The van der Waals surface area contributed by atoms with Crippen LogP contribution in [0.15, 0.2) is 113 Å². The zero-order chi connectivity index (χ0) is 29.3. The van der Waals surface area contributed by atoms with Gasteiger partial charge in [-0.1, -0.05) is 48.5 Å². The fourth-order valence-electron chi connectivity index (χ4n) is 4.10. The predicted octanol–water partition coefficient (Wildman–Crippen LogP) is 8.11. The maximum atomic E-state index is 13.6. The molecular weight excluding hydrogens is 585 g/mol. The van der Waals surface area contributed by atoms with Crippen LogP contribution in [0.2, 0.25) is 0 Å². The van der Waals surface area contributed by atoms with Crippen molar-refractivity contribution in [1.29, 1.82) is 0 Å². The predicted molar refractivity (Wildman–Crippen MR) is 177 cm³/mol. The molecule has 10 heteroatoms. The van der Waals surface area contributed by atoms with Crippen molar-refractivity contribution in [3.63, 3.8) is 0 Å². The third-order valence-corrected chi connectivity index (χ3v) is 8.38. The lowest BCUT2D eigenvalue weighted by molar-refractivity contribution is -0.115. The van der Waals surface area contributed by atoms with Crippen LogP contribution in [0.1, 0.15) is 10.8 Å². The molecule has 1 atom stereocenters. The minimum atomic E-state index is -0.487. The van der Waals surface area contributed by atoms with Gasteiger partial charge in [-0.2, -0.15) is 0 Å². The van der Waals surface area contributed by atoms with Crippen molar-refractivity contribution in [2.75, 3.05) is 30.2 Å². The van der Waals surface area contributed by atoms with E-state index in [0.29, 0.717) is 21.7 Å². The highest BCUT2D eigenvalue weighted by Crippen LogP contribution is 2.38. The van der Waals surface area contributed by atoms with Crippen molar-refractivity contribution >= 4 is 62.8 Å². The second-order valence-corrected chi connectivity index (χ2v) is 11.4. The Morgan fingerprint density at radius 2 is 1.45 bits per heavy atom. The van der Waals surface area contributed by atoms with E-state index in [1.807, 2.05) is 109 Å². The van der Waals surface area contributed by atoms with Gasteiger partial charge in [-0.25, -0.2) is 4.98 Å². The molecule has 0 aliphatic rings. The molecule has 0 spiro atoms. The molecule has 5 aromatic rings. The molecule has 0 radical (unpaired) electrons. The average Bonchev–Trinajstić information content (AvgIpc) is 3.49. The Kier molecular flexibility index (Phi) is 9.70. The van der Waals surface area contributed by atoms with Crippen LogP contribution in [-0.4, -0.2) is 30.2 Å². The summed E-state index contributed by atoms with van der Waals surface area (Å²) in [6.45, 7) is 0. The van der Waals surface area contributed by atoms with Crippen LogP contribution in [0, 0.1) is 0 Å². The molecule has 1 unspecified atom stereocenters. The monoisotopic (exact) mass is 612 g/mol. The summed E-state index contributed by atoms with van der Waals surface area (Å²) >= 11 is 8.28. The molecular formula is C32H28N4O3S3. The van der Waals surface area contributed by atoms with Gasteiger partial charge in [0.1, 0.15) is 5.25 Å². The molecule has 3 N–H and O–H groups in total. The number of ether oxygens (including phenoxy) is 2. The molecule has 0 aliphatic carbocycles. The van der Waals surface area contributed by atoms with E-state index >= 15 is 0 Å². The number of thiocarbonyl (C=S) groups is 1. The SMILES string of the molecule is COc1ccc(-c2csc(NC(=O)C(Sc3ccc(NC(=S)Nc4ccccc4)cc3)c3ccccc3)n2)cc1OC. The van der Waals surface area contributed by atoms with Crippen LogP contribution in [0.5, 0.6) is 11.5 Å². The van der Waals surface area contributed by atoms with Gasteiger partial charge >= 0.3 is 0 Å². The lowest BCUT2D eigenvalue weighted by Gasteiger charge is -2.17. The smallest absolute Gasteiger partial charge is 0.244 e. The number of anilines is 3. The number of methoxy groups -OCH3 is 2. The van der Waals surface area contributed by atoms with E-state index < -0.39 is 5.25 Å². The third-order valence-electron chi connectivity index (χ3n) is 6.15. The van der Waals surface area contributed by atoms with Crippen molar-refractivity contribution in [1.82, 2.24) is 4.98 Å². The Bertz CT molecular complexity index is 1650. The van der Waals surface area contributed by atoms with E-state index in [2.05, 4.69) is 20.9 Å². The molecule has 0 aliphatic heterocycles. The summed E-state index contributed by atoms with van der Waals surface area (Å²) in [5, 5.41) is 11.8. The summed E-state index contributed by atoms with van der Waals surface area (Å²) in [5.74, 6) is 1.10. The normalized spacial score (nSPS) is 11.3. The Labute approximate surface area is 258 Å². The number of aromatic nitrogens is 1. The molecule has 4 aromatic carbocycles. The molecule has 0 saturated heterocycles. The van der Waals surface area contributed by atoms with Crippen molar-refractivity contribution in [3.05, 3.63) is 114 Å². The van der Waals surface area contributed by atoms with E-state index in [9.17, 15) is 4.79 Å². The van der Waals surface area contributed by atoms with E-state index in [-0.39, 0.29) is 5.91 Å². The highest BCUT2D eigenvalue weighted by molar-refractivity contribution is 8.00. The fourth-order valence-corrected chi connectivity index (χ4v) is 6.08. The molecule has 1 aromatic heterocycles. The Morgan fingerprint density at radius 1 is 0.810 bits per heavy atom. The minimum Gasteiger partial charge on any atom is -0.493 e. The van der Waals surface area contributed by atoms with Crippen LogP contribution in [-0.2, 0) is 4.79 Å².